The van der Waals surface area contributed by atoms with E-state index < -0.39 is 29.6 Å². The van der Waals surface area contributed by atoms with Gasteiger partial charge in [0.05, 0.1) is 0 Å². The van der Waals surface area contributed by atoms with E-state index in [0.717, 1.165) is 18.2 Å². The van der Waals surface area contributed by atoms with Crippen LogP contribution in [0.15, 0.2) is 60.7 Å². The van der Waals surface area contributed by atoms with Crippen LogP contribution in [0.25, 0.3) is 6.08 Å². The molecule has 26 heavy (non-hydrogen) atoms. The molecule has 0 saturated carbocycles. The SMILES string of the molecule is O=C(/C=C/c1ccccc1OC(=O)C(F)(F)C(F)(F)F)c1ccccc1. The van der Waals surface area contributed by atoms with Gasteiger partial charge in [-0.3, -0.25) is 4.79 Å². The van der Waals surface area contributed by atoms with Crippen molar-refractivity contribution in [1.82, 2.24) is 0 Å². The molecule has 0 N–H and O–H groups in total. The first-order valence-electron chi connectivity index (χ1n) is 7.16. The van der Waals surface area contributed by atoms with Gasteiger partial charge in [0, 0.05) is 11.1 Å². The molecule has 0 aliphatic carbocycles. The fraction of sp³-hybridized carbons (Fsp3) is 0.111. The molecule has 0 heterocycles. The lowest BCUT2D eigenvalue weighted by Crippen LogP contribution is -2.46. The van der Waals surface area contributed by atoms with Crippen molar-refractivity contribution in [1.29, 1.82) is 0 Å². The molecule has 0 saturated heterocycles. The van der Waals surface area contributed by atoms with Crippen molar-refractivity contribution >= 4 is 17.8 Å². The van der Waals surface area contributed by atoms with Gasteiger partial charge in [0.25, 0.3) is 0 Å². The summed E-state index contributed by atoms with van der Waals surface area (Å²) in [5.74, 6) is -9.35. The van der Waals surface area contributed by atoms with Gasteiger partial charge in [-0.25, -0.2) is 4.79 Å². The minimum atomic E-state index is -6.07. The second-order valence-electron chi connectivity index (χ2n) is 5.06. The molecule has 0 atom stereocenters. The minimum absolute atomic E-state index is 0.0110. The van der Waals surface area contributed by atoms with Crippen LogP contribution in [0.2, 0.25) is 0 Å². The van der Waals surface area contributed by atoms with Crippen molar-refractivity contribution in [2.45, 2.75) is 12.1 Å². The van der Waals surface area contributed by atoms with E-state index in [4.69, 9.17) is 0 Å². The maximum atomic E-state index is 13.0. The molecular weight excluding hydrogens is 359 g/mol. The zero-order valence-corrected chi connectivity index (χ0v) is 13.0. The lowest BCUT2D eigenvalue weighted by molar-refractivity contribution is -0.276. The monoisotopic (exact) mass is 370 g/mol. The second kappa shape index (κ2) is 7.47. The highest BCUT2D eigenvalue weighted by Crippen LogP contribution is 2.37. The predicted molar refractivity (Wildman–Crippen MR) is 82.9 cm³/mol. The van der Waals surface area contributed by atoms with E-state index in [1.54, 1.807) is 30.3 Å². The number of carbonyl (C=O) groups is 2. The third-order valence-corrected chi connectivity index (χ3v) is 3.21. The summed E-state index contributed by atoms with van der Waals surface area (Å²) >= 11 is 0. The van der Waals surface area contributed by atoms with Crippen LogP contribution in [0.3, 0.4) is 0 Å². The first kappa shape index (κ1) is 19.3. The van der Waals surface area contributed by atoms with Crippen LogP contribution >= 0.6 is 0 Å². The van der Waals surface area contributed by atoms with Gasteiger partial charge in [-0.2, -0.15) is 22.0 Å². The Bertz CT molecular complexity index is 826. The summed E-state index contributed by atoms with van der Waals surface area (Å²) < 4.78 is 66.9. The number of halogens is 5. The molecule has 2 rings (SSSR count). The summed E-state index contributed by atoms with van der Waals surface area (Å²) in [5.41, 5.74) is 0.338. The molecule has 0 amide bonds. The molecule has 0 fully saturated rings. The number of carbonyl (C=O) groups excluding carboxylic acids is 2. The molecule has 0 radical (unpaired) electrons. The number of allylic oxidation sites excluding steroid dienone is 1. The number of hydrogen-bond donors (Lipinski definition) is 0. The Hall–Kier alpha value is -3.03. The lowest BCUT2D eigenvalue weighted by atomic mass is 10.1. The maximum Gasteiger partial charge on any atom is 0.465 e. The van der Waals surface area contributed by atoms with E-state index in [2.05, 4.69) is 4.74 Å². The number of esters is 1. The topological polar surface area (TPSA) is 43.4 Å². The van der Waals surface area contributed by atoms with Gasteiger partial charge in [-0.1, -0.05) is 48.5 Å². The zero-order chi connectivity index (χ0) is 19.4. The van der Waals surface area contributed by atoms with Gasteiger partial charge in [0.15, 0.2) is 5.78 Å². The van der Waals surface area contributed by atoms with Gasteiger partial charge >= 0.3 is 18.1 Å². The van der Waals surface area contributed by atoms with Crippen LogP contribution in [0.1, 0.15) is 15.9 Å². The lowest BCUT2D eigenvalue weighted by Gasteiger charge is -2.18. The summed E-state index contributed by atoms with van der Waals surface area (Å²) in [6.07, 6.45) is -3.83. The Labute approximate surface area is 144 Å². The van der Waals surface area contributed by atoms with E-state index in [1.165, 1.54) is 18.2 Å². The molecule has 0 spiro atoms. The normalized spacial score (nSPS) is 12.2. The van der Waals surface area contributed by atoms with Crippen molar-refractivity contribution in [2.75, 3.05) is 0 Å². The molecule has 0 aliphatic rings. The van der Waals surface area contributed by atoms with Crippen LogP contribution in [-0.4, -0.2) is 23.9 Å². The number of rotatable bonds is 5. The zero-order valence-electron chi connectivity index (χ0n) is 13.0. The molecule has 0 unspecified atom stereocenters. The van der Waals surface area contributed by atoms with Gasteiger partial charge in [0.1, 0.15) is 5.75 Å². The number of alkyl halides is 5. The van der Waals surface area contributed by atoms with E-state index >= 15 is 0 Å². The third-order valence-electron chi connectivity index (χ3n) is 3.21. The number of ether oxygens (including phenoxy) is 1. The molecule has 136 valence electrons. The summed E-state index contributed by atoms with van der Waals surface area (Å²) in [5, 5.41) is 0. The van der Waals surface area contributed by atoms with E-state index in [9.17, 15) is 31.5 Å². The number of hydrogen-bond acceptors (Lipinski definition) is 3. The molecule has 0 bridgehead atoms. The Balaban J connectivity index is 2.22. The van der Waals surface area contributed by atoms with Crippen molar-refractivity contribution in [3.63, 3.8) is 0 Å². The largest absolute Gasteiger partial charge is 0.465 e. The number of benzene rings is 2. The van der Waals surface area contributed by atoms with E-state index in [1.807, 2.05) is 0 Å². The number of para-hydroxylation sites is 1. The minimum Gasteiger partial charge on any atom is -0.421 e. The van der Waals surface area contributed by atoms with Crippen molar-refractivity contribution < 1.29 is 36.3 Å². The van der Waals surface area contributed by atoms with Crippen molar-refractivity contribution in [2.24, 2.45) is 0 Å². The summed E-state index contributed by atoms with van der Waals surface area (Å²) in [6.45, 7) is 0. The molecule has 0 aromatic heterocycles. The average molecular weight is 370 g/mol. The second-order valence-corrected chi connectivity index (χ2v) is 5.06. The van der Waals surface area contributed by atoms with Crippen LogP contribution in [-0.2, 0) is 4.79 Å². The van der Waals surface area contributed by atoms with Crippen LogP contribution in [0.5, 0.6) is 5.75 Å². The van der Waals surface area contributed by atoms with E-state index in [0.29, 0.717) is 5.56 Å². The highest BCUT2D eigenvalue weighted by Gasteiger charge is 2.65. The average Bonchev–Trinajstić information content (AvgIpc) is 2.60. The van der Waals surface area contributed by atoms with Gasteiger partial charge in [0.2, 0.25) is 0 Å². The van der Waals surface area contributed by atoms with Crippen LogP contribution in [0.4, 0.5) is 22.0 Å². The first-order chi connectivity index (χ1) is 12.1. The molecule has 2 aromatic carbocycles. The Morgan fingerprint density at radius 3 is 2.04 bits per heavy atom. The quantitative estimate of drug-likeness (QED) is 0.252. The fourth-order valence-corrected chi connectivity index (χ4v) is 1.85. The summed E-state index contributed by atoms with van der Waals surface area (Å²) in [7, 11) is 0. The molecular formula is C18H11F5O3. The molecule has 0 aliphatic heterocycles. The van der Waals surface area contributed by atoms with Crippen LogP contribution in [0, 0.1) is 0 Å². The van der Waals surface area contributed by atoms with E-state index in [-0.39, 0.29) is 5.56 Å². The standard InChI is InChI=1S/C18H11F5O3/c19-17(20,18(21,22)23)16(25)26-15-9-5-4-8-13(15)10-11-14(24)12-6-2-1-3-7-12/h1-11H/b11-10+. The van der Waals surface area contributed by atoms with Gasteiger partial charge in [-0.15, -0.1) is 0 Å². The predicted octanol–water partition coefficient (Wildman–Crippen LogP) is 4.69. The molecule has 8 heteroatoms. The fourth-order valence-electron chi connectivity index (χ4n) is 1.85. The van der Waals surface area contributed by atoms with Crippen molar-refractivity contribution in [3.8, 4) is 5.75 Å². The Kier molecular flexibility index (Phi) is 5.54. The van der Waals surface area contributed by atoms with Crippen molar-refractivity contribution in [3.05, 3.63) is 71.8 Å². The smallest absolute Gasteiger partial charge is 0.421 e. The third kappa shape index (κ3) is 4.33. The van der Waals surface area contributed by atoms with Crippen LogP contribution < -0.4 is 4.74 Å². The summed E-state index contributed by atoms with van der Waals surface area (Å²) in [6, 6.07) is 13.1. The Morgan fingerprint density at radius 1 is 0.846 bits per heavy atom. The number of ketones is 1. The highest BCUT2D eigenvalue weighted by molar-refractivity contribution is 6.06. The van der Waals surface area contributed by atoms with Gasteiger partial charge < -0.3 is 4.74 Å². The van der Waals surface area contributed by atoms with Gasteiger partial charge in [-0.05, 0) is 18.2 Å². The molecule has 2 aromatic rings. The first-order valence-corrected chi connectivity index (χ1v) is 7.16. The highest BCUT2D eigenvalue weighted by atomic mass is 19.4. The summed E-state index contributed by atoms with van der Waals surface area (Å²) in [4.78, 5) is 23.2. The molecule has 3 nitrogen and oxygen atoms in total. The maximum absolute atomic E-state index is 13.0. The Morgan fingerprint density at radius 2 is 1.42 bits per heavy atom.